The van der Waals surface area contributed by atoms with Crippen molar-refractivity contribution in [2.24, 2.45) is 0 Å². The second-order valence-electron chi connectivity index (χ2n) is 5.74. The van der Waals surface area contributed by atoms with Gasteiger partial charge >= 0.3 is 0 Å². The zero-order chi connectivity index (χ0) is 16.9. The third kappa shape index (κ3) is 5.15. The van der Waals surface area contributed by atoms with E-state index in [0.717, 1.165) is 5.56 Å². The average Bonchev–Trinajstić information content (AvgIpc) is 2.96. The molecule has 0 saturated carbocycles. The van der Waals surface area contributed by atoms with E-state index in [0.29, 0.717) is 5.13 Å². The lowest BCUT2D eigenvalue weighted by Gasteiger charge is -2.22. The van der Waals surface area contributed by atoms with E-state index in [9.17, 15) is 9.59 Å². The maximum absolute atomic E-state index is 12.0. The normalized spacial score (nSPS) is 11.1. The summed E-state index contributed by atoms with van der Waals surface area (Å²) in [7, 11) is 0. The second kappa shape index (κ2) is 7.34. The van der Waals surface area contributed by atoms with Gasteiger partial charge in [0.15, 0.2) is 5.13 Å². The van der Waals surface area contributed by atoms with E-state index in [2.05, 4.69) is 15.6 Å². The molecule has 0 aliphatic rings. The molecule has 1 aromatic carbocycles. The molecule has 6 nitrogen and oxygen atoms in total. The first-order chi connectivity index (χ1) is 10.9. The van der Waals surface area contributed by atoms with Crippen molar-refractivity contribution in [3.8, 4) is 0 Å². The first kappa shape index (κ1) is 17.1. The standard InChI is InChI=1S/C16H19N3O3S/c1-16(2,10-20)19-14(22)12-9-23-15(17-12)18-13(21)8-11-6-4-3-5-7-11/h3-7,9,20H,8,10H2,1-2H3,(H,19,22)(H,17,18,21). The molecule has 0 radical (unpaired) electrons. The van der Waals surface area contributed by atoms with Gasteiger partial charge in [-0.25, -0.2) is 4.98 Å². The molecular weight excluding hydrogens is 314 g/mol. The summed E-state index contributed by atoms with van der Waals surface area (Å²) < 4.78 is 0. The van der Waals surface area contributed by atoms with Crippen molar-refractivity contribution in [3.63, 3.8) is 0 Å². The minimum atomic E-state index is -0.725. The molecule has 0 atom stereocenters. The Morgan fingerprint density at radius 2 is 1.96 bits per heavy atom. The quantitative estimate of drug-likeness (QED) is 0.752. The fourth-order valence-corrected chi connectivity index (χ4v) is 2.50. The zero-order valence-electron chi connectivity index (χ0n) is 13.0. The highest BCUT2D eigenvalue weighted by molar-refractivity contribution is 7.14. The summed E-state index contributed by atoms with van der Waals surface area (Å²) in [5.74, 6) is -0.572. The molecule has 0 unspecified atom stereocenters. The topological polar surface area (TPSA) is 91.3 Å². The van der Waals surface area contributed by atoms with Crippen LogP contribution in [0, 0.1) is 0 Å². The molecule has 2 aromatic rings. The Hall–Kier alpha value is -2.25. The van der Waals surface area contributed by atoms with Crippen molar-refractivity contribution in [2.75, 3.05) is 11.9 Å². The largest absolute Gasteiger partial charge is 0.394 e. The van der Waals surface area contributed by atoms with Gasteiger partial charge in [0.25, 0.3) is 5.91 Å². The monoisotopic (exact) mass is 333 g/mol. The van der Waals surface area contributed by atoms with E-state index >= 15 is 0 Å². The van der Waals surface area contributed by atoms with Gasteiger partial charge in [-0.05, 0) is 19.4 Å². The highest BCUT2D eigenvalue weighted by Gasteiger charge is 2.21. The molecule has 7 heteroatoms. The number of anilines is 1. The lowest BCUT2D eigenvalue weighted by Crippen LogP contribution is -2.46. The van der Waals surface area contributed by atoms with Crippen LogP contribution in [-0.2, 0) is 11.2 Å². The fraction of sp³-hybridized carbons (Fsp3) is 0.312. The van der Waals surface area contributed by atoms with Crippen LogP contribution in [0.4, 0.5) is 5.13 Å². The second-order valence-corrected chi connectivity index (χ2v) is 6.60. The van der Waals surface area contributed by atoms with Gasteiger partial charge in [-0.15, -0.1) is 11.3 Å². The van der Waals surface area contributed by atoms with E-state index in [1.165, 1.54) is 11.3 Å². The van der Waals surface area contributed by atoms with Gasteiger partial charge in [0, 0.05) is 5.38 Å². The summed E-state index contributed by atoms with van der Waals surface area (Å²) in [6.45, 7) is 3.24. The third-order valence-corrected chi connectivity index (χ3v) is 3.80. The lowest BCUT2D eigenvalue weighted by molar-refractivity contribution is -0.115. The summed E-state index contributed by atoms with van der Waals surface area (Å²) in [4.78, 5) is 28.1. The molecule has 0 saturated heterocycles. The molecule has 2 amide bonds. The Morgan fingerprint density at radius 3 is 2.61 bits per heavy atom. The van der Waals surface area contributed by atoms with Crippen LogP contribution in [0.15, 0.2) is 35.7 Å². The first-order valence-corrected chi connectivity index (χ1v) is 8.00. The molecule has 0 fully saturated rings. The molecule has 1 heterocycles. The number of amides is 2. The highest BCUT2D eigenvalue weighted by atomic mass is 32.1. The summed E-state index contributed by atoms with van der Waals surface area (Å²) in [6.07, 6.45) is 0.249. The zero-order valence-corrected chi connectivity index (χ0v) is 13.8. The molecule has 3 N–H and O–H groups in total. The molecule has 122 valence electrons. The van der Waals surface area contributed by atoms with Gasteiger partial charge in [0.05, 0.1) is 18.6 Å². The molecular formula is C16H19N3O3S. The number of nitrogens with zero attached hydrogens (tertiary/aromatic N) is 1. The number of aromatic nitrogens is 1. The number of nitrogens with one attached hydrogen (secondary N) is 2. The number of hydrogen-bond acceptors (Lipinski definition) is 5. The number of carbonyl (C=O) groups excluding carboxylic acids is 2. The summed E-state index contributed by atoms with van der Waals surface area (Å²) >= 11 is 1.18. The number of thiazole rings is 1. The Morgan fingerprint density at radius 1 is 1.26 bits per heavy atom. The van der Waals surface area contributed by atoms with Gasteiger partial charge in [-0.3, -0.25) is 9.59 Å². The highest BCUT2D eigenvalue weighted by Crippen LogP contribution is 2.16. The first-order valence-electron chi connectivity index (χ1n) is 7.12. The van der Waals surface area contributed by atoms with Crippen molar-refractivity contribution in [1.82, 2.24) is 10.3 Å². The van der Waals surface area contributed by atoms with Crippen molar-refractivity contribution in [1.29, 1.82) is 0 Å². The van der Waals surface area contributed by atoms with E-state index < -0.39 is 5.54 Å². The number of benzene rings is 1. The van der Waals surface area contributed by atoms with Crippen LogP contribution < -0.4 is 10.6 Å². The predicted molar refractivity (Wildman–Crippen MR) is 89.5 cm³/mol. The van der Waals surface area contributed by atoms with Crippen molar-refractivity contribution in [3.05, 3.63) is 47.0 Å². The molecule has 0 spiro atoms. The molecule has 2 rings (SSSR count). The van der Waals surface area contributed by atoms with Crippen LogP contribution in [0.2, 0.25) is 0 Å². The van der Waals surface area contributed by atoms with E-state index in [4.69, 9.17) is 5.11 Å². The van der Waals surface area contributed by atoms with E-state index in [1.54, 1.807) is 19.2 Å². The van der Waals surface area contributed by atoms with E-state index in [1.807, 2.05) is 30.3 Å². The number of hydrogen-bond donors (Lipinski definition) is 3. The van der Waals surface area contributed by atoms with Crippen LogP contribution in [0.3, 0.4) is 0 Å². The Kier molecular flexibility index (Phi) is 5.46. The summed E-state index contributed by atoms with van der Waals surface area (Å²) in [5.41, 5.74) is 0.396. The van der Waals surface area contributed by atoms with Crippen LogP contribution in [-0.4, -0.2) is 34.1 Å². The molecule has 1 aromatic heterocycles. The summed E-state index contributed by atoms with van der Waals surface area (Å²) in [6, 6.07) is 9.38. The van der Waals surface area contributed by atoms with Gasteiger partial charge in [-0.1, -0.05) is 30.3 Å². The maximum Gasteiger partial charge on any atom is 0.271 e. The Bertz CT molecular complexity index is 683. The maximum atomic E-state index is 12.0. The number of carbonyl (C=O) groups is 2. The minimum absolute atomic E-state index is 0.177. The molecule has 23 heavy (non-hydrogen) atoms. The minimum Gasteiger partial charge on any atom is -0.394 e. The molecule has 0 aliphatic heterocycles. The SMILES string of the molecule is CC(C)(CO)NC(=O)c1csc(NC(=O)Cc2ccccc2)n1. The smallest absolute Gasteiger partial charge is 0.271 e. The Labute approximate surface area is 138 Å². The third-order valence-electron chi connectivity index (χ3n) is 3.04. The molecule has 0 aliphatic carbocycles. The lowest BCUT2D eigenvalue weighted by atomic mass is 10.1. The van der Waals surface area contributed by atoms with Crippen molar-refractivity contribution in [2.45, 2.75) is 25.8 Å². The predicted octanol–water partition coefficient (Wildman–Crippen LogP) is 1.83. The number of aliphatic hydroxyl groups excluding tert-OH is 1. The van der Waals surface area contributed by atoms with E-state index in [-0.39, 0.29) is 30.5 Å². The summed E-state index contributed by atoms with van der Waals surface area (Å²) in [5, 5.41) is 16.5. The van der Waals surface area contributed by atoms with Gasteiger partial charge < -0.3 is 15.7 Å². The van der Waals surface area contributed by atoms with Crippen LogP contribution in [0.1, 0.15) is 29.9 Å². The van der Waals surface area contributed by atoms with Gasteiger partial charge in [0.1, 0.15) is 5.69 Å². The van der Waals surface area contributed by atoms with Crippen LogP contribution in [0.5, 0.6) is 0 Å². The van der Waals surface area contributed by atoms with Crippen LogP contribution in [0.25, 0.3) is 0 Å². The molecule has 0 bridgehead atoms. The van der Waals surface area contributed by atoms with Crippen molar-refractivity contribution >= 4 is 28.3 Å². The number of rotatable bonds is 6. The fourth-order valence-electron chi connectivity index (χ4n) is 1.79. The van der Waals surface area contributed by atoms with Gasteiger partial charge in [-0.2, -0.15) is 0 Å². The average molecular weight is 333 g/mol. The van der Waals surface area contributed by atoms with Crippen LogP contribution >= 0.6 is 11.3 Å². The van der Waals surface area contributed by atoms with Crippen molar-refractivity contribution < 1.29 is 14.7 Å². The van der Waals surface area contributed by atoms with Gasteiger partial charge in [0.2, 0.25) is 5.91 Å². The Balaban J connectivity index is 1.94. The number of aliphatic hydroxyl groups is 1.